The monoisotopic (exact) mass is 377 g/mol. The lowest BCUT2D eigenvalue weighted by Crippen LogP contribution is -2.01. The average molecular weight is 378 g/mol. The fourth-order valence-electron chi connectivity index (χ4n) is 2.24. The molecule has 0 N–H and O–H groups in total. The molecule has 116 valence electrons. The lowest BCUT2D eigenvalue weighted by atomic mass is 10.0. The molecule has 0 spiro atoms. The van der Waals surface area contributed by atoms with Gasteiger partial charge in [0.25, 0.3) is 0 Å². The van der Waals surface area contributed by atoms with Crippen LogP contribution in [0.2, 0.25) is 0 Å². The number of nitrogens with zero attached hydrogens (tertiary/aromatic N) is 1. The van der Waals surface area contributed by atoms with E-state index in [1.54, 1.807) is 30.3 Å². The van der Waals surface area contributed by atoms with E-state index < -0.39 is 0 Å². The van der Waals surface area contributed by atoms with Gasteiger partial charge in [-0.25, -0.2) is 0 Å². The first kappa shape index (κ1) is 16.0. The molecule has 0 fully saturated rings. The first-order valence-electron chi connectivity index (χ1n) is 7.25. The average Bonchev–Trinajstić information content (AvgIpc) is 3.09. The van der Waals surface area contributed by atoms with Gasteiger partial charge in [-0.15, -0.1) is 0 Å². The molecule has 0 saturated heterocycles. The summed E-state index contributed by atoms with van der Waals surface area (Å²) in [5.74, 6) is 0.826. The van der Waals surface area contributed by atoms with Crippen LogP contribution in [0.15, 0.2) is 81.2 Å². The number of allylic oxidation sites excluding steroid dienone is 1. The van der Waals surface area contributed by atoms with Crippen LogP contribution in [0.25, 0.3) is 17.4 Å². The molecule has 1 aromatic heterocycles. The van der Waals surface area contributed by atoms with Crippen molar-refractivity contribution in [1.82, 2.24) is 0 Å². The summed E-state index contributed by atoms with van der Waals surface area (Å²) in [7, 11) is 0. The number of furan rings is 1. The van der Waals surface area contributed by atoms with Crippen LogP contribution >= 0.6 is 15.9 Å². The van der Waals surface area contributed by atoms with E-state index in [0.29, 0.717) is 17.1 Å². The zero-order valence-electron chi connectivity index (χ0n) is 12.6. The summed E-state index contributed by atoms with van der Waals surface area (Å²) in [6.45, 7) is 0. The minimum Gasteiger partial charge on any atom is -0.457 e. The Hall–Kier alpha value is -2.90. The molecule has 0 aliphatic rings. The van der Waals surface area contributed by atoms with Gasteiger partial charge in [0.15, 0.2) is 0 Å². The van der Waals surface area contributed by atoms with Crippen molar-refractivity contribution in [3.05, 3.63) is 88.1 Å². The van der Waals surface area contributed by atoms with Gasteiger partial charge in [-0.2, -0.15) is 5.26 Å². The van der Waals surface area contributed by atoms with Crippen LogP contribution in [0.4, 0.5) is 0 Å². The van der Waals surface area contributed by atoms with E-state index in [1.165, 1.54) is 6.08 Å². The van der Waals surface area contributed by atoms with Gasteiger partial charge < -0.3 is 4.42 Å². The molecule has 24 heavy (non-hydrogen) atoms. The third-order valence-corrected chi connectivity index (χ3v) is 3.97. The quantitative estimate of drug-likeness (QED) is 0.342. The van der Waals surface area contributed by atoms with Crippen LogP contribution in [0, 0.1) is 11.3 Å². The van der Waals surface area contributed by atoms with Gasteiger partial charge in [0.2, 0.25) is 5.78 Å². The van der Waals surface area contributed by atoms with E-state index in [9.17, 15) is 10.1 Å². The third-order valence-electron chi connectivity index (χ3n) is 3.44. The van der Waals surface area contributed by atoms with Crippen molar-refractivity contribution < 1.29 is 9.21 Å². The molecule has 0 aliphatic heterocycles. The second kappa shape index (κ2) is 7.12. The molecule has 0 saturated carbocycles. The maximum atomic E-state index is 12.4. The van der Waals surface area contributed by atoms with Gasteiger partial charge in [0.05, 0.1) is 0 Å². The summed E-state index contributed by atoms with van der Waals surface area (Å²) in [5, 5.41) is 9.29. The Morgan fingerprint density at radius 2 is 1.71 bits per heavy atom. The second-order valence-electron chi connectivity index (χ2n) is 5.07. The Labute approximate surface area is 148 Å². The van der Waals surface area contributed by atoms with Gasteiger partial charge in [0.1, 0.15) is 23.2 Å². The van der Waals surface area contributed by atoms with E-state index in [-0.39, 0.29) is 11.4 Å². The molecular weight excluding hydrogens is 366 g/mol. The first-order valence-corrected chi connectivity index (χ1v) is 8.04. The van der Waals surface area contributed by atoms with Crippen LogP contribution in [0.3, 0.4) is 0 Å². The molecule has 0 unspecified atom stereocenters. The van der Waals surface area contributed by atoms with Crippen molar-refractivity contribution in [1.29, 1.82) is 5.26 Å². The van der Waals surface area contributed by atoms with Gasteiger partial charge >= 0.3 is 0 Å². The minimum absolute atomic E-state index is 0.0397. The van der Waals surface area contributed by atoms with E-state index in [1.807, 2.05) is 42.5 Å². The minimum atomic E-state index is -0.320. The third kappa shape index (κ3) is 3.53. The van der Waals surface area contributed by atoms with E-state index in [2.05, 4.69) is 15.9 Å². The van der Waals surface area contributed by atoms with Crippen molar-refractivity contribution in [2.75, 3.05) is 0 Å². The molecule has 4 heteroatoms. The van der Waals surface area contributed by atoms with Crippen LogP contribution in [0.5, 0.6) is 0 Å². The summed E-state index contributed by atoms with van der Waals surface area (Å²) < 4.78 is 6.72. The highest BCUT2D eigenvalue weighted by Gasteiger charge is 2.13. The van der Waals surface area contributed by atoms with Crippen LogP contribution < -0.4 is 0 Å². The standard InChI is InChI=1S/C20H12BrNO2/c21-17-8-6-14(7-9-17)19-11-10-18(24-19)12-16(13-22)20(23)15-4-2-1-3-5-15/h1-12H/b16-12+. The maximum Gasteiger partial charge on any atom is 0.203 e. The highest BCUT2D eigenvalue weighted by molar-refractivity contribution is 9.10. The van der Waals surface area contributed by atoms with E-state index in [4.69, 9.17) is 4.42 Å². The summed E-state index contributed by atoms with van der Waals surface area (Å²) in [6.07, 6.45) is 1.47. The SMILES string of the molecule is N#C/C(=C\c1ccc(-c2ccc(Br)cc2)o1)C(=O)c1ccccc1. The molecular formula is C20H12BrNO2. The molecule has 3 aromatic rings. The van der Waals surface area contributed by atoms with Crippen molar-refractivity contribution in [2.45, 2.75) is 0 Å². The fraction of sp³-hybridized carbons (Fsp3) is 0. The molecule has 0 amide bonds. The van der Waals surface area contributed by atoms with Crippen molar-refractivity contribution >= 4 is 27.8 Å². The zero-order valence-corrected chi connectivity index (χ0v) is 14.2. The van der Waals surface area contributed by atoms with Crippen molar-refractivity contribution in [2.24, 2.45) is 0 Å². The lowest BCUT2D eigenvalue weighted by Gasteiger charge is -1.99. The Morgan fingerprint density at radius 3 is 2.38 bits per heavy atom. The molecule has 0 atom stereocenters. The predicted octanol–water partition coefficient (Wildman–Crippen LogP) is 5.50. The molecule has 0 aliphatic carbocycles. The highest BCUT2D eigenvalue weighted by atomic mass is 79.9. The van der Waals surface area contributed by atoms with Crippen molar-refractivity contribution in [3.8, 4) is 17.4 Å². The molecule has 0 bridgehead atoms. The molecule has 1 heterocycles. The lowest BCUT2D eigenvalue weighted by molar-refractivity contribution is 0.104. The molecule has 0 radical (unpaired) electrons. The Bertz CT molecular complexity index is 932. The number of Topliss-reactive ketones (excluding diaryl/α,β-unsaturated/α-hetero) is 1. The predicted molar refractivity (Wildman–Crippen MR) is 96.2 cm³/mol. The van der Waals surface area contributed by atoms with Gasteiger partial charge in [-0.1, -0.05) is 58.4 Å². The Balaban J connectivity index is 1.89. The van der Waals surface area contributed by atoms with Crippen LogP contribution in [-0.4, -0.2) is 5.78 Å². The Morgan fingerprint density at radius 1 is 1.00 bits per heavy atom. The molecule has 2 aromatic carbocycles. The smallest absolute Gasteiger partial charge is 0.203 e. The Kier molecular flexibility index (Phi) is 4.74. The van der Waals surface area contributed by atoms with Gasteiger partial charge in [-0.05, 0) is 24.3 Å². The number of halogens is 1. The number of benzene rings is 2. The summed E-state index contributed by atoms with van der Waals surface area (Å²) in [4.78, 5) is 12.4. The highest BCUT2D eigenvalue weighted by Crippen LogP contribution is 2.25. The number of hydrogen-bond donors (Lipinski definition) is 0. The normalized spacial score (nSPS) is 11.1. The topological polar surface area (TPSA) is 54.0 Å². The first-order chi connectivity index (χ1) is 11.7. The van der Waals surface area contributed by atoms with E-state index >= 15 is 0 Å². The van der Waals surface area contributed by atoms with Crippen LogP contribution in [-0.2, 0) is 0 Å². The number of rotatable bonds is 4. The van der Waals surface area contributed by atoms with Crippen molar-refractivity contribution in [3.63, 3.8) is 0 Å². The largest absolute Gasteiger partial charge is 0.457 e. The summed E-state index contributed by atoms with van der Waals surface area (Å²) in [5.41, 5.74) is 1.44. The van der Waals surface area contributed by atoms with Gasteiger partial charge in [-0.3, -0.25) is 4.79 Å². The summed E-state index contributed by atoms with van der Waals surface area (Å²) >= 11 is 3.39. The zero-order chi connectivity index (χ0) is 16.9. The number of hydrogen-bond acceptors (Lipinski definition) is 3. The second-order valence-corrected chi connectivity index (χ2v) is 5.99. The summed E-state index contributed by atoms with van der Waals surface area (Å²) in [6, 6.07) is 21.9. The molecule has 3 nitrogen and oxygen atoms in total. The number of carbonyl (C=O) groups excluding carboxylic acids is 1. The van der Waals surface area contributed by atoms with Crippen LogP contribution in [0.1, 0.15) is 16.1 Å². The number of ketones is 1. The number of nitriles is 1. The van der Waals surface area contributed by atoms with Gasteiger partial charge in [0, 0.05) is 21.7 Å². The fourth-order valence-corrected chi connectivity index (χ4v) is 2.50. The van der Waals surface area contributed by atoms with E-state index in [0.717, 1.165) is 10.0 Å². The molecule has 3 rings (SSSR count). The number of carbonyl (C=O) groups is 1. The maximum absolute atomic E-state index is 12.4.